The first-order valence-corrected chi connectivity index (χ1v) is 16.3. The smallest absolute Gasteiger partial charge is 0.227 e. The number of benzene rings is 7. The van der Waals surface area contributed by atoms with E-state index in [9.17, 15) is 0 Å². The summed E-state index contributed by atoms with van der Waals surface area (Å²) >= 11 is 0. The van der Waals surface area contributed by atoms with E-state index in [2.05, 4.69) is 60.7 Å². The Bertz CT molecular complexity index is 2650. The summed E-state index contributed by atoms with van der Waals surface area (Å²) in [6, 6.07) is 50.6. The average Bonchev–Trinajstić information content (AvgIpc) is 3.82. The molecule has 0 saturated carbocycles. The molecule has 3 heterocycles. The fraction of sp³-hybridized carbons (Fsp3) is 0. The summed E-state index contributed by atoms with van der Waals surface area (Å²) in [6.45, 7) is 0. The van der Waals surface area contributed by atoms with Crippen LogP contribution in [0.1, 0.15) is 0 Å². The summed E-state index contributed by atoms with van der Waals surface area (Å²) in [6.07, 6.45) is 0. The second kappa shape index (κ2) is 11.3. The maximum atomic E-state index is 6.25. The minimum atomic E-state index is 0.476. The zero-order chi connectivity index (χ0) is 33.0. The third kappa shape index (κ3) is 4.96. The number of hydrogen-bond donors (Lipinski definition) is 0. The molecule has 7 nitrogen and oxygen atoms in total. The van der Waals surface area contributed by atoms with Gasteiger partial charge < -0.3 is 8.83 Å². The molecule has 10 aromatic rings. The van der Waals surface area contributed by atoms with E-state index >= 15 is 0 Å². The molecule has 0 saturated heterocycles. The van der Waals surface area contributed by atoms with Crippen LogP contribution in [0, 0.1) is 0 Å². The molecule has 0 aliphatic rings. The summed E-state index contributed by atoms with van der Waals surface area (Å²) in [4.78, 5) is 24.9. The number of fused-ring (bicyclic) bond motifs is 4. The molecular weight excluding hydrogens is 619 g/mol. The van der Waals surface area contributed by atoms with Crippen LogP contribution >= 0.6 is 0 Å². The molecule has 0 bridgehead atoms. The van der Waals surface area contributed by atoms with Crippen LogP contribution in [0.2, 0.25) is 0 Å². The van der Waals surface area contributed by atoms with Crippen LogP contribution in [0.5, 0.6) is 0 Å². The highest BCUT2D eigenvalue weighted by Crippen LogP contribution is 2.35. The van der Waals surface area contributed by atoms with E-state index in [1.165, 1.54) is 0 Å². The standard InChI is InChI=1S/C43H25N5O2/c1-3-11-28-21-30(19-17-26(28)9-1)39-46-40(31-20-18-27-10-2-4-12-29(27)22-31)48-41(47-39)32-23-33(42-44-35-13-5-7-15-37(35)49-42)25-34(24-32)43-45-36-14-6-8-16-38(36)50-43/h1-25H. The van der Waals surface area contributed by atoms with Gasteiger partial charge in [-0.15, -0.1) is 0 Å². The summed E-state index contributed by atoms with van der Waals surface area (Å²) in [7, 11) is 0. The Morgan fingerprint density at radius 2 is 0.700 bits per heavy atom. The molecule has 0 N–H and O–H groups in total. The maximum Gasteiger partial charge on any atom is 0.227 e. The summed E-state index contributed by atoms with van der Waals surface area (Å²) < 4.78 is 12.5. The van der Waals surface area contributed by atoms with E-state index in [-0.39, 0.29) is 0 Å². The first-order chi connectivity index (χ1) is 24.7. The van der Waals surface area contributed by atoms with Gasteiger partial charge in [0, 0.05) is 27.8 Å². The van der Waals surface area contributed by atoms with Crippen molar-refractivity contribution < 1.29 is 8.83 Å². The number of oxazole rings is 2. The van der Waals surface area contributed by atoms with Crippen LogP contribution in [-0.4, -0.2) is 24.9 Å². The number of hydrogen-bond acceptors (Lipinski definition) is 7. The lowest BCUT2D eigenvalue weighted by Gasteiger charge is -2.11. The number of aromatic nitrogens is 5. The van der Waals surface area contributed by atoms with Gasteiger partial charge in [0.25, 0.3) is 0 Å². The van der Waals surface area contributed by atoms with E-state index in [1.807, 2.05) is 91.0 Å². The molecule has 7 heteroatoms. The highest BCUT2D eigenvalue weighted by atomic mass is 16.4. The Kier molecular flexibility index (Phi) is 6.35. The van der Waals surface area contributed by atoms with Gasteiger partial charge in [-0.05, 0) is 76.1 Å². The van der Waals surface area contributed by atoms with Gasteiger partial charge in [0.05, 0.1) is 0 Å². The van der Waals surface area contributed by atoms with Crippen LogP contribution in [0.4, 0.5) is 0 Å². The monoisotopic (exact) mass is 643 g/mol. The van der Waals surface area contributed by atoms with E-state index in [1.54, 1.807) is 0 Å². The average molecular weight is 644 g/mol. The summed E-state index contributed by atoms with van der Waals surface area (Å²) in [5.41, 5.74) is 6.97. The van der Waals surface area contributed by atoms with Crippen molar-refractivity contribution in [2.75, 3.05) is 0 Å². The molecule has 7 aromatic carbocycles. The van der Waals surface area contributed by atoms with Gasteiger partial charge in [-0.2, -0.15) is 0 Å². The van der Waals surface area contributed by atoms with Gasteiger partial charge in [0.15, 0.2) is 28.6 Å². The summed E-state index contributed by atoms with van der Waals surface area (Å²) in [5, 5.41) is 4.51. The molecule has 3 aromatic heterocycles. The predicted octanol–water partition coefficient (Wildman–Crippen LogP) is 10.8. The molecule has 0 spiro atoms. The molecule has 0 unspecified atom stereocenters. The molecule has 10 rings (SSSR count). The highest BCUT2D eigenvalue weighted by molar-refractivity contribution is 5.89. The van der Waals surface area contributed by atoms with Gasteiger partial charge in [-0.1, -0.05) is 97.1 Å². The normalized spacial score (nSPS) is 11.6. The van der Waals surface area contributed by atoms with E-state index in [4.69, 9.17) is 33.8 Å². The first kappa shape index (κ1) is 28.1. The Morgan fingerprint density at radius 3 is 1.18 bits per heavy atom. The molecule has 0 fully saturated rings. The van der Waals surface area contributed by atoms with Crippen molar-refractivity contribution in [1.82, 2.24) is 24.9 Å². The quantitative estimate of drug-likeness (QED) is 0.184. The van der Waals surface area contributed by atoms with E-state index in [0.717, 1.165) is 60.4 Å². The Labute approximate surface area is 285 Å². The Hall–Kier alpha value is -6.99. The zero-order valence-electron chi connectivity index (χ0n) is 26.5. The molecule has 0 aliphatic heterocycles. The van der Waals surface area contributed by atoms with Crippen LogP contribution in [0.15, 0.2) is 160 Å². The SMILES string of the molecule is c1ccc2cc(-c3nc(-c4cc(-c5nc6ccccc6o5)cc(-c5nc6ccccc6o5)c4)nc(-c4ccc5ccccc5c4)n3)ccc2c1. The molecule has 0 aliphatic carbocycles. The number of nitrogens with zero attached hydrogens (tertiary/aromatic N) is 5. The molecule has 0 amide bonds. The second-order valence-electron chi connectivity index (χ2n) is 12.2. The predicted molar refractivity (Wildman–Crippen MR) is 197 cm³/mol. The minimum Gasteiger partial charge on any atom is -0.436 e. The number of para-hydroxylation sites is 4. The van der Waals surface area contributed by atoms with Crippen molar-refractivity contribution in [2.24, 2.45) is 0 Å². The van der Waals surface area contributed by atoms with Crippen LogP contribution in [0.25, 0.3) is 101 Å². The van der Waals surface area contributed by atoms with Crippen molar-refractivity contribution in [1.29, 1.82) is 0 Å². The third-order valence-corrected chi connectivity index (χ3v) is 8.92. The lowest BCUT2D eigenvalue weighted by molar-refractivity contribution is 0.617. The van der Waals surface area contributed by atoms with Gasteiger partial charge in [0.1, 0.15) is 11.0 Å². The Balaban J connectivity index is 1.21. The van der Waals surface area contributed by atoms with Crippen molar-refractivity contribution in [3.05, 3.63) is 152 Å². The topological polar surface area (TPSA) is 90.7 Å². The van der Waals surface area contributed by atoms with E-state index < -0.39 is 0 Å². The fourth-order valence-corrected chi connectivity index (χ4v) is 6.42. The van der Waals surface area contributed by atoms with Crippen LogP contribution in [0.3, 0.4) is 0 Å². The molecule has 50 heavy (non-hydrogen) atoms. The minimum absolute atomic E-state index is 0.476. The molecule has 0 radical (unpaired) electrons. The van der Waals surface area contributed by atoms with Gasteiger partial charge >= 0.3 is 0 Å². The van der Waals surface area contributed by atoms with Gasteiger partial charge in [-0.3, -0.25) is 0 Å². The molecular formula is C43H25N5O2. The second-order valence-corrected chi connectivity index (χ2v) is 12.2. The van der Waals surface area contributed by atoms with E-state index in [0.29, 0.717) is 40.4 Å². The fourth-order valence-electron chi connectivity index (χ4n) is 6.42. The highest BCUT2D eigenvalue weighted by Gasteiger charge is 2.19. The number of rotatable bonds is 5. The first-order valence-electron chi connectivity index (χ1n) is 16.3. The maximum absolute atomic E-state index is 6.25. The lowest BCUT2D eigenvalue weighted by Crippen LogP contribution is -2.01. The van der Waals surface area contributed by atoms with Gasteiger partial charge in [-0.25, -0.2) is 24.9 Å². The van der Waals surface area contributed by atoms with Crippen molar-refractivity contribution >= 4 is 43.7 Å². The zero-order valence-corrected chi connectivity index (χ0v) is 26.5. The third-order valence-electron chi connectivity index (χ3n) is 8.92. The molecule has 234 valence electrons. The van der Waals surface area contributed by atoms with Crippen molar-refractivity contribution in [2.45, 2.75) is 0 Å². The molecule has 0 atom stereocenters. The Morgan fingerprint density at radius 1 is 0.300 bits per heavy atom. The van der Waals surface area contributed by atoms with Crippen molar-refractivity contribution in [3.63, 3.8) is 0 Å². The van der Waals surface area contributed by atoms with Gasteiger partial charge in [0.2, 0.25) is 11.8 Å². The van der Waals surface area contributed by atoms with Crippen LogP contribution in [-0.2, 0) is 0 Å². The lowest BCUT2D eigenvalue weighted by atomic mass is 10.0. The van der Waals surface area contributed by atoms with Crippen molar-refractivity contribution in [3.8, 4) is 57.1 Å². The van der Waals surface area contributed by atoms with Crippen LogP contribution < -0.4 is 0 Å². The largest absolute Gasteiger partial charge is 0.436 e. The summed E-state index contributed by atoms with van der Waals surface area (Å²) in [5.74, 6) is 2.59.